The molecule has 2 aliphatic rings. The predicted molar refractivity (Wildman–Crippen MR) is 95.0 cm³/mol. The van der Waals surface area contributed by atoms with Crippen LogP contribution in [0, 0.1) is 0 Å². The van der Waals surface area contributed by atoms with E-state index in [9.17, 15) is 4.79 Å². The van der Waals surface area contributed by atoms with Crippen molar-refractivity contribution in [3.8, 4) is 0 Å². The number of aromatic nitrogens is 2. The third-order valence-electron chi connectivity index (χ3n) is 5.02. The van der Waals surface area contributed by atoms with Crippen LogP contribution in [0.2, 0.25) is 0 Å². The van der Waals surface area contributed by atoms with E-state index in [4.69, 9.17) is 4.74 Å². The van der Waals surface area contributed by atoms with Crippen molar-refractivity contribution in [1.82, 2.24) is 19.8 Å². The Balaban J connectivity index is 1.37. The Morgan fingerprint density at radius 1 is 1.16 bits per heavy atom. The highest BCUT2D eigenvalue weighted by atomic mass is 32.1. The first kappa shape index (κ1) is 16.6. The smallest absolute Gasteiger partial charge is 0.249 e. The number of amides is 1. The molecule has 4 rings (SSSR count). The van der Waals surface area contributed by atoms with E-state index < -0.39 is 0 Å². The third kappa shape index (κ3) is 3.89. The lowest BCUT2D eigenvalue weighted by molar-refractivity contribution is -0.172. The number of carbonyl (C=O) groups excluding carboxylic acids is 1. The molecule has 4 heterocycles. The fraction of sp³-hybridized carbons (Fsp3) is 0.500. The SMILES string of the molecule is O=C1COC2(CCN(Cc3nccs3)CC2)CN1Cc1ccccn1. The molecule has 25 heavy (non-hydrogen) atoms. The average molecular weight is 358 g/mol. The van der Waals surface area contributed by atoms with Crippen LogP contribution in [-0.4, -0.2) is 57.5 Å². The number of rotatable bonds is 4. The maximum absolute atomic E-state index is 12.3. The van der Waals surface area contributed by atoms with Gasteiger partial charge in [0.05, 0.1) is 30.9 Å². The molecule has 0 aromatic carbocycles. The second-order valence-electron chi connectivity index (χ2n) is 6.74. The summed E-state index contributed by atoms with van der Waals surface area (Å²) < 4.78 is 6.02. The third-order valence-corrected chi connectivity index (χ3v) is 5.79. The van der Waals surface area contributed by atoms with E-state index >= 15 is 0 Å². The molecule has 0 aliphatic carbocycles. The first-order valence-electron chi connectivity index (χ1n) is 8.65. The minimum Gasteiger partial charge on any atom is -0.363 e. The summed E-state index contributed by atoms with van der Waals surface area (Å²) in [5.41, 5.74) is 0.719. The van der Waals surface area contributed by atoms with Crippen molar-refractivity contribution in [3.63, 3.8) is 0 Å². The highest BCUT2D eigenvalue weighted by Gasteiger charge is 2.42. The standard InChI is InChI=1S/C18H22N4O2S/c23-17-13-24-18(14-22(17)11-15-3-1-2-6-19-15)4-8-21(9-5-18)12-16-20-7-10-25-16/h1-3,6-7,10H,4-5,8-9,11-14H2. The molecule has 0 N–H and O–H groups in total. The molecule has 6 nitrogen and oxygen atoms in total. The number of piperidine rings is 1. The lowest BCUT2D eigenvalue weighted by atomic mass is 9.89. The maximum Gasteiger partial charge on any atom is 0.249 e. The van der Waals surface area contributed by atoms with E-state index in [2.05, 4.69) is 14.9 Å². The van der Waals surface area contributed by atoms with Gasteiger partial charge in [0.1, 0.15) is 11.6 Å². The van der Waals surface area contributed by atoms with Gasteiger partial charge in [0.25, 0.3) is 0 Å². The van der Waals surface area contributed by atoms with Crippen molar-refractivity contribution in [1.29, 1.82) is 0 Å². The van der Waals surface area contributed by atoms with Gasteiger partial charge in [-0.05, 0) is 25.0 Å². The fourth-order valence-corrected chi connectivity index (χ4v) is 4.22. The Bertz CT molecular complexity index is 699. The Morgan fingerprint density at radius 2 is 2.04 bits per heavy atom. The van der Waals surface area contributed by atoms with Gasteiger partial charge < -0.3 is 9.64 Å². The summed E-state index contributed by atoms with van der Waals surface area (Å²) in [6, 6.07) is 5.82. The van der Waals surface area contributed by atoms with Crippen LogP contribution in [0.3, 0.4) is 0 Å². The summed E-state index contributed by atoms with van der Waals surface area (Å²) in [5, 5.41) is 3.18. The van der Waals surface area contributed by atoms with E-state index in [1.807, 2.05) is 34.7 Å². The molecule has 0 unspecified atom stereocenters. The van der Waals surface area contributed by atoms with E-state index in [0.717, 1.165) is 43.2 Å². The van der Waals surface area contributed by atoms with Crippen LogP contribution < -0.4 is 0 Å². The molecule has 0 bridgehead atoms. The molecule has 2 aromatic rings. The number of likely N-dealkylation sites (tertiary alicyclic amines) is 1. The van der Waals surface area contributed by atoms with Crippen molar-refractivity contribution >= 4 is 17.2 Å². The van der Waals surface area contributed by atoms with Gasteiger partial charge in [-0.3, -0.25) is 14.7 Å². The molecule has 0 saturated carbocycles. The zero-order valence-electron chi connectivity index (χ0n) is 14.1. The summed E-state index contributed by atoms with van der Waals surface area (Å²) >= 11 is 1.70. The number of carbonyl (C=O) groups is 1. The Morgan fingerprint density at radius 3 is 2.76 bits per heavy atom. The number of ether oxygens (including phenoxy) is 1. The van der Waals surface area contributed by atoms with Crippen LogP contribution in [0.4, 0.5) is 0 Å². The lowest BCUT2D eigenvalue weighted by Crippen LogP contribution is -2.58. The summed E-state index contributed by atoms with van der Waals surface area (Å²) in [6.45, 7) is 4.27. The molecule has 1 amide bonds. The Kier molecular flexibility index (Phi) is 4.78. The Labute approximate surface area is 151 Å². The van der Waals surface area contributed by atoms with E-state index in [1.165, 1.54) is 0 Å². The van der Waals surface area contributed by atoms with Crippen LogP contribution in [0.25, 0.3) is 0 Å². The van der Waals surface area contributed by atoms with Gasteiger partial charge >= 0.3 is 0 Å². The molecule has 2 aromatic heterocycles. The number of morpholine rings is 1. The van der Waals surface area contributed by atoms with Gasteiger partial charge in [-0.2, -0.15) is 0 Å². The van der Waals surface area contributed by atoms with Gasteiger partial charge in [0, 0.05) is 30.9 Å². The van der Waals surface area contributed by atoms with Crippen molar-refractivity contribution < 1.29 is 9.53 Å². The number of nitrogens with zero attached hydrogens (tertiary/aromatic N) is 4. The molecule has 132 valence electrons. The minimum absolute atomic E-state index is 0.0569. The van der Waals surface area contributed by atoms with E-state index in [0.29, 0.717) is 13.1 Å². The highest BCUT2D eigenvalue weighted by molar-refractivity contribution is 7.09. The van der Waals surface area contributed by atoms with Gasteiger partial charge in [0.15, 0.2) is 0 Å². The fourth-order valence-electron chi connectivity index (χ4n) is 3.56. The van der Waals surface area contributed by atoms with Crippen LogP contribution in [0.1, 0.15) is 23.5 Å². The summed E-state index contributed by atoms with van der Waals surface area (Å²) in [6.07, 6.45) is 5.53. The molecule has 0 atom stereocenters. The van der Waals surface area contributed by atoms with Crippen LogP contribution in [-0.2, 0) is 22.6 Å². The van der Waals surface area contributed by atoms with Gasteiger partial charge in [-0.15, -0.1) is 11.3 Å². The average Bonchev–Trinajstić information content (AvgIpc) is 3.15. The topological polar surface area (TPSA) is 58.6 Å². The van der Waals surface area contributed by atoms with Crippen LogP contribution in [0.5, 0.6) is 0 Å². The molecular weight excluding hydrogens is 336 g/mol. The van der Waals surface area contributed by atoms with Crippen molar-refractivity contribution in [3.05, 3.63) is 46.7 Å². The second kappa shape index (κ2) is 7.19. The molecule has 1 spiro atoms. The largest absolute Gasteiger partial charge is 0.363 e. The minimum atomic E-state index is -0.206. The zero-order valence-corrected chi connectivity index (χ0v) is 15.0. The van der Waals surface area contributed by atoms with E-state index in [-0.39, 0.29) is 18.1 Å². The number of pyridine rings is 1. The van der Waals surface area contributed by atoms with Gasteiger partial charge in [-0.25, -0.2) is 4.98 Å². The highest BCUT2D eigenvalue weighted by Crippen LogP contribution is 2.31. The first-order chi connectivity index (χ1) is 12.2. The summed E-state index contributed by atoms with van der Waals surface area (Å²) in [4.78, 5) is 25.3. The first-order valence-corrected chi connectivity index (χ1v) is 9.53. The van der Waals surface area contributed by atoms with Crippen LogP contribution in [0.15, 0.2) is 36.0 Å². The van der Waals surface area contributed by atoms with Crippen molar-refractivity contribution in [2.75, 3.05) is 26.2 Å². The lowest BCUT2D eigenvalue weighted by Gasteiger charge is -2.46. The molecular formula is C18H22N4O2S. The summed E-state index contributed by atoms with van der Waals surface area (Å²) in [5.74, 6) is 0.0569. The number of thiazole rings is 1. The Hall–Kier alpha value is -1.83. The molecule has 0 radical (unpaired) electrons. The number of hydrogen-bond donors (Lipinski definition) is 0. The molecule has 2 fully saturated rings. The predicted octanol–water partition coefficient (Wildman–Crippen LogP) is 1.93. The maximum atomic E-state index is 12.3. The zero-order chi connectivity index (χ0) is 17.1. The molecule has 7 heteroatoms. The molecule has 2 saturated heterocycles. The van der Waals surface area contributed by atoms with Crippen molar-refractivity contribution in [2.24, 2.45) is 0 Å². The van der Waals surface area contributed by atoms with Crippen molar-refractivity contribution in [2.45, 2.75) is 31.5 Å². The number of hydrogen-bond acceptors (Lipinski definition) is 6. The molecule has 2 aliphatic heterocycles. The van der Waals surface area contributed by atoms with E-state index in [1.54, 1.807) is 17.5 Å². The normalized spacial score (nSPS) is 21.0. The second-order valence-corrected chi connectivity index (χ2v) is 7.72. The van der Waals surface area contributed by atoms with Gasteiger partial charge in [-0.1, -0.05) is 6.07 Å². The van der Waals surface area contributed by atoms with Gasteiger partial charge in [0.2, 0.25) is 5.91 Å². The van der Waals surface area contributed by atoms with Crippen LogP contribution >= 0.6 is 11.3 Å². The quantitative estimate of drug-likeness (QED) is 0.836. The monoisotopic (exact) mass is 358 g/mol. The summed E-state index contributed by atoms with van der Waals surface area (Å²) in [7, 11) is 0.